The van der Waals surface area contributed by atoms with Crippen molar-refractivity contribution in [2.45, 2.75) is 30.6 Å². The number of carbonyl (C=O) groups excluding carboxylic acids is 3. The molecule has 3 aliphatic rings. The van der Waals surface area contributed by atoms with Crippen LogP contribution >= 0.6 is 0 Å². The second-order valence-corrected chi connectivity index (χ2v) is 11.7. The summed E-state index contributed by atoms with van der Waals surface area (Å²) in [5, 5.41) is 54.9. The van der Waals surface area contributed by atoms with Gasteiger partial charge in [0.05, 0.1) is 44.9 Å². The van der Waals surface area contributed by atoms with Crippen LogP contribution < -0.4 is 5.73 Å². The van der Waals surface area contributed by atoms with Gasteiger partial charge in [-0.25, -0.2) is 0 Å². The number of rotatable bonds is 4. The first-order valence-electron chi connectivity index (χ1n) is 12.4. The quantitative estimate of drug-likeness (QED) is 0.124. The van der Waals surface area contributed by atoms with Crippen LogP contribution in [-0.4, -0.2) is 144 Å². The summed E-state index contributed by atoms with van der Waals surface area (Å²) in [4.78, 5) is 40.0. The van der Waals surface area contributed by atoms with Crippen molar-refractivity contribution in [1.82, 2.24) is 4.90 Å². The number of aliphatic hydroxyl groups is 4. The van der Waals surface area contributed by atoms with Crippen molar-refractivity contribution in [2.75, 3.05) is 41.8 Å². The smallest absolute Gasteiger partial charge is 0.508 e. The molecule has 1 aromatic rings. The number of carbonyl (C=O) groups is 3. The summed E-state index contributed by atoms with van der Waals surface area (Å²) in [5.41, 5.74) is -0.548. The maximum atomic E-state index is 13.7. The number of phenols is 1. The Bertz CT molecular complexity index is 1310. The fourth-order valence-corrected chi connectivity index (χ4v) is 5.89. The van der Waals surface area contributed by atoms with E-state index in [2.05, 4.69) is 27.7 Å². The molecule has 40 heavy (non-hydrogen) atoms. The Balaban J connectivity index is 0.000000623. The molecule has 7 N–H and O–H groups in total. The predicted octanol–water partition coefficient (Wildman–Crippen LogP) is 0.127. The summed E-state index contributed by atoms with van der Waals surface area (Å²) in [6.45, 7) is 6.07. The van der Waals surface area contributed by atoms with Crippen LogP contribution in [0, 0.1) is 11.8 Å². The minimum absolute atomic E-state index is 0. The average Bonchev–Trinajstić information content (AvgIpc) is 2.79. The summed E-state index contributed by atoms with van der Waals surface area (Å²) < 4.78 is 0.976. The number of hydrogen-bond acceptors (Lipinski definition) is 9. The third-order valence-corrected chi connectivity index (χ3v) is 7.70. The van der Waals surface area contributed by atoms with Crippen molar-refractivity contribution in [3.8, 4) is 5.75 Å². The van der Waals surface area contributed by atoms with Crippen molar-refractivity contribution < 1.29 is 44.4 Å². The molecule has 0 bridgehead atoms. The first-order valence-corrected chi connectivity index (χ1v) is 12.4. The second-order valence-electron chi connectivity index (χ2n) is 11.7. The van der Waals surface area contributed by atoms with Crippen LogP contribution in [0.1, 0.15) is 24.5 Å². The number of likely N-dealkylation sites (N-methyl/N-ethyl adjacent to an activating group) is 2. The molecule has 4 rings (SSSR count). The van der Waals surface area contributed by atoms with Crippen LogP contribution in [0.15, 0.2) is 47.8 Å². The number of aromatic hydroxyl groups is 1. The zero-order valence-electron chi connectivity index (χ0n) is 23.8. The number of fused-ring (bicyclic) bond motifs is 3. The molecule has 0 heterocycles. The van der Waals surface area contributed by atoms with E-state index in [4.69, 9.17) is 5.73 Å². The van der Waals surface area contributed by atoms with E-state index in [0.29, 0.717) is 0 Å². The van der Waals surface area contributed by atoms with Crippen LogP contribution in [0.2, 0.25) is 0 Å². The number of hydrogen-bond donors (Lipinski definition) is 6. The molecule has 0 spiro atoms. The van der Waals surface area contributed by atoms with Gasteiger partial charge in [0.1, 0.15) is 22.8 Å². The van der Waals surface area contributed by atoms with E-state index in [-0.39, 0.29) is 55.3 Å². The molecule has 12 heteroatoms. The molecule has 1 fully saturated rings. The minimum Gasteiger partial charge on any atom is -0.508 e. The van der Waals surface area contributed by atoms with Crippen LogP contribution in [0.5, 0.6) is 5.75 Å². The third-order valence-electron chi connectivity index (χ3n) is 7.70. The second kappa shape index (κ2) is 11.6. The Labute approximate surface area is 263 Å². The van der Waals surface area contributed by atoms with Gasteiger partial charge in [-0.1, -0.05) is 18.7 Å². The van der Waals surface area contributed by atoms with Crippen LogP contribution in [-0.2, 0) is 20.0 Å². The Morgan fingerprint density at radius 2 is 1.75 bits per heavy atom. The van der Waals surface area contributed by atoms with Gasteiger partial charge in [0.15, 0.2) is 11.4 Å². The standard InChI is InChI=1S/C22H24N2O8.C6H14N.Ca/c1-21(31)8-5-4-6-11(25)12(8)16(26)13-9(21)7-10-15(24(2)3)17(27)14(20(23)30)19(29)22(10,32)18(13)28;1-5-6-7(2,3)4;/h4-6,9-10,15,25-26,29,31-32H,7H2,1-3H3,(H2,23,30);5H,1,6H2,2-4H3;/q;+1;+2/t9-,10-,15-,21+,22-;;/m0../s1. The van der Waals surface area contributed by atoms with E-state index in [9.17, 15) is 39.9 Å². The topological polar surface area (TPSA) is 182 Å². The molecule has 5 atom stereocenters. The molecule has 1 amide bonds. The van der Waals surface area contributed by atoms with E-state index in [1.165, 1.54) is 44.1 Å². The van der Waals surface area contributed by atoms with Crippen molar-refractivity contribution in [3.05, 3.63) is 58.9 Å². The Morgan fingerprint density at radius 1 is 1.18 bits per heavy atom. The van der Waals surface area contributed by atoms with Crippen LogP contribution in [0.4, 0.5) is 0 Å². The number of nitrogens with zero attached hydrogens (tertiary/aromatic N) is 2. The number of amides is 1. The number of phenolic OH excluding ortho intramolecular Hbond substituents is 1. The Hall–Kier alpha value is -2.25. The average molecular weight is 585 g/mol. The first-order chi connectivity index (χ1) is 17.8. The minimum atomic E-state index is -2.75. The molecular formula is C28H38CaN3O8+3. The molecule has 0 aliphatic heterocycles. The van der Waals surface area contributed by atoms with Crippen molar-refractivity contribution in [3.63, 3.8) is 0 Å². The first kappa shape index (κ1) is 34.0. The van der Waals surface area contributed by atoms with Gasteiger partial charge in [-0.3, -0.25) is 19.3 Å². The van der Waals surface area contributed by atoms with Crippen molar-refractivity contribution >= 4 is 61.0 Å². The molecule has 0 aromatic heterocycles. The van der Waals surface area contributed by atoms with Gasteiger partial charge in [-0.15, -0.1) is 0 Å². The molecule has 1 aromatic carbocycles. The van der Waals surface area contributed by atoms with E-state index in [1.54, 1.807) is 0 Å². The maximum absolute atomic E-state index is 13.7. The molecule has 0 saturated heterocycles. The number of ketones is 2. The fraction of sp³-hybridized carbons (Fsp3) is 0.464. The van der Waals surface area contributed by atoms with Crippen molar-refractivity contribution in [2.24, 2.45) is 17.6 Å². The van der Waals surface area contributed by atoms with E-state index >= 15 is 0 Å². The maximum Gasteiger partial charge on any atom is 2.00 e. The number of primary amides is 1. The summed E-state index contributed by atoms with van der Waals surface area (Å²) in [7, 11) is 9.43. The van der Waals surface area contributed by atoms with Gasteiger partial charge in [0.25, 0.3) is 5.91 Å². The number of benzene rings is 1. The van der Waals surface area contributed by atoms with E-state index < -0.39 is 75.0 Å². The van der Waals surface area contributed by atoms with Gasteiger partial charge in [-0.2, -0.15) is 0 Å². The number of aliphatic hydroxyl groups excluding tert-OH is 2. The Kier molecular flexibility index (Phi) is 9.81. The molecule has 3 aliphatic carbocycles. The van der Waals surface area contributed by atoms with Crippen molar-refractivity contribution in [1.29, 1.82) is 0 Å². The van der Waals surface area contributed by atoms with Gasteiger partial charge in [0, 0.05) is 17.4 Å². The third kappa shape index (κ3) is 5.36. The molecule has 212 valence electrons. The van der Waals surface area contributed by atoms with Crippen LogP contribution in [0.25, 0.3) is 5.76 Å². The van der Waals surface area contributed by atoms with Gasteiger partial charge in [-0.05, 0) is 45.1 Å². The zero-order chi connectivity index (χ0) is 29.8. The molecule has 11 nitrogen and oxygen atoms in total. The number of nitrogens with two attached hydrogens (primary N) is 1. The zero-order valence-corrected chi connectivity index (χ0v) is 26.0. The summed E-state index contributed by atoms with van der Waals surface area (Å²) in [5.74, 6) is -7.90. The number of quaternary nitrogens is 1. The Morgan fingerprint density at radius 3 is 2.20 bits per heavy atom. The largest absolute Gasteiger partial charge is 2.00 e. The van der Waals surface area contributed by atoms with Gasteiger partial charge in [0.2, 0.25) is 5.78 Å². The SMILES string of the molecule is C=CC[N+](C)(C)C.CN(C)[C@@H]1C(=O)C(C(N)=O)=C(O)[C@@]2(O)C(=O)C3=C(O)c4c(O)cccc4[C@@](C)(O)[C@H]3C[C@@H]12.[Ca+2]. The van der Waals surface area contributed by atoms with E-state index in [0.717, 1.165) is 11.0 Å². The molecule has 1 saturated carbocycles. The number of Topliss-reactive ketones (excluding diaryl/α,β-unsaturated/α-hetero) is 2. The van der Waals surface area contributed by atoms with Gasteiger partial charge < -0.3 is 35.7 Å². The summed E-state index contributed by atoms with van der Waals surface area (Å²) in [6, 6.07) is 3.02. The summed E-state index contributed by atoms with van der Waals surface area (Å²) >= 11 is 0. The monoisotopic (exact) mass is 584 g/mol. The van der Waals surface area contributed by atoms with Gasteiger partial charge >= 0.3 is 37.7 Å². The van der Waals surface area contributed by atoms with E-state index in [1.807, 2.05) is 6.08 Å². The summed E-state index contributed by atoms with van der Waals surface area (Å²) in [6.07, 6.45) is 1.73. The molecule has 0 radical (unpaired) electrons. The normalized spacial score (nSPS) is 29.5. The fourth-order valence-electron chi connectivity index (χ4n) is 5.89. The molecule has 0 unspecified atom stereocenters. The molecular weight excluding hydrogens is 546 g/mol. The van der Waals surface area contributed by atoms with Crippen LogP contribution in [0.3, 0.4) is 0 Å². The predicted molar refractivity (Wildman–Crippen MR) is 149 cm³/mol.